The molecule has 0 aromatic heterocycles. The third-order valence-corrected chi connectivity index (χ3v) is 3.05. The van der Waals surface area contributed by atoms with Crippen LogP contribution in [0.15, 0.2) is 24.3 Å². The van der Waals surface area contributed by atoms with Gasteiger partial charge in [0.1, 0.15) is 0 Å². The van der Waals surface area contributed by atoms with Crippen molar-refractivity contribution < 1.29 is 4.79 Å². The summed E-state index contributed by atoms with van der Waals surface area (Å²) in [6.07, 6.45) is 1.52. The van der Waals surface area contributed by atoms with Crippen molar-refractivity contribution in [1.29, 1.82) is 0 Å². The molecule has 1 amide bonds. The van der Waals surface area contributed by atoms with Gasteiger partial charge in [-0.2, -0.15) is 0 Å². The first kappa shape index (κ1) is 14.7. The van der Waals surface area contributed by atoms with Crippen LogP contribution in [0.4, 0.5) is 5.69 Å². The molecule has 0 fully saturated rings. The van der Waals surface area contributed by atoms with Crippen LogP contribution in [0.1, 0.15) is 45.2 Å². The van der Waals surface area contributed by atoms with Crippen molar-refractivity contribution in [1.82, 2.24) is 5.32 Å². The number of hydrogen-bond acceptors (Lipinski definition) is 2. The Labute approximate surface area is 110 Å². The van der Waals surface area contributed by atoms with Gasteiger partial charge in [0.05, 0.1) is 0 Å². The third-order valence-electron chi connectivity index (χ3n) is 3.05. The summed E-state index contributed by atoms with van der Waals surface area (Å²) in [6, 6.07) is 8.28. The number of hydrogen-bond donors (Lipinski definition) is 2. The Bertz CT molecular complexity index is 388. The topological polar surface area (TPSA) is 41.1 Å². The average molecular weight is 248 g/mol. The Morgan fingerprint density at radius 1 is 1.28 bits per heavy atom. The quantitative estimate of drug-likeness (QED) is 0.810. The molecule has 1 unspecified atom stereocenters. The van der Waals surface area contributed by atoms with Gasteiger partial charge < -0.3 is 10.6 Å². The van der Waals surface area contributed by atoms with Gasteiger partial charge >= 0.3 is 0 Å². The lowest BCUT2D eigenvalue weighted by Crippen LogP contribution is -2.14. The molecular formula is C15H24N2O. The molecular weight excluding hydrogens is 224 g/mol. The molecule has 2 N–H and O–H groups in total. The van der Waals surface area contributed by atoms with Crippen molar-refractivity contribution in [3.63, 3.8) is 0 Å². The highest BCUT2D eigenvalue weighted by Crippen LogP contribution is 2.17. The Kier molecular flexibility index (Phi) is 5.86. The van der Waals surface area contributed by atoms with Crippen LogP contribution in [0.2, 0.25) is 0 Å². The molecule has 0 saturated carbocycles. The first-order valence-corrected chi connectivity index (χ1v) is 6.60. The predicted molar refractivity (Wildman–Crippen MR) is 76.6 cm³/mol. The molecule has 0 aliphatic rings. The van der Waals surface area contributed by atoms with E-state index in [0.29, 0.717) is 12.3 Å². The van der Waals surface area contributed by atoms with E-state index in [1.165, 1.54) is 5.56 Å². The van der Waals surface area contributed by atoms with Gasteiger partial charge in [0.2, 0.25) is 5.91 Å². The summed E-state index contributed by atoms with van der Waals surface area (Å²) in [5, 5.41) is 6.14. The highest BCUT2D eigenvalue weighted by atomic mass is 16.1. The van der Waals surface area contributed by atoms with Crippen LogP contribution in [0.5, 0.6) is 0 Å². The monoisotopic (exact) mass is 248 g/mol. The molecule has 1 rings (SSSR count). The summed E-state index contributed by atoms with van der Waals surface area (Å²) in [7, 11) is 1.93. The number of amides is 1. The largest absolute Gasteiger partial charge is 0.326 e. The molecule has 0 radical (unpaired) electrons. The lowest BCUT2D eigenvalue weighted by atomic mass is 10.1. The fraction of sp³-hybridized carbons (Fsp3) is 0.533. The second-order valence-corrected chi connectivity index (χ2v) is 5.12. The fourth-order valence-electron chi connectivity index (χ4n) is 1.70. The maximum atomic E-state index is 11.7. The lowest BCUT2D eigenvalue weighted by molar-refractivity contribution is -0.116. The van der Waals surface area contributed by atoms with Crippen LogP contribution in [0.25, 0.3) is 0 Å². The van der Waals surface area contributed by atoms with Crippen molar-refractivity contribution >= 4 is 11.6 Å². The van der Waals surface area contributed by atoms with Gasteiger partial charge in [0.15, 0.2) is 0 Å². The first-order chi connectivity index (χ1) is 8.52. The molecule has 0 spiro atoms. The molecule has 1 atom stereocenters. The van der Waals surface area contributed by atoms with Crippen LogP contribution in [0, 0.1) is 5.92 Å². The van der Waals surface area contributed by atoms with Gasteiger partial charge in [-0.1, -0.05) is 26.0 Å². The SMILES string of the molecule is CNC(C)c1cccc(NC(=O)CCC(C)C)c1. The zero-order valence-corrected chi connectivity index (χ0v) is 11.8. The van der Waals surface area contributed by atoms with Gasteiger partial charge in [0.25, 0.3) is 0 Å². The number of nitrogens with one attached hydrogen (secondary N) is 2. The number of benzene rings is 1. The maximum Gasteiger partial charge on any atom is 0.224 e. The molecule has 0 aliphatic carbocycles. The predicted octanol–water partition coefficient (Wildman–Crippen LogP) is 3.34. The van der Waals surface area contributed by atoms with Gasteiger partial charge in [-0.25, -0.2) is 0 Å². The molecule has 0 aliphatic heterocycles. The van der Waals surface area contributed by atoms with Crippen LogP contribution >= 0.6 is 0 Å². The second-order valence-electron chi connectivity index (χ2n) is 5.12. The number of anilines is 1. The van der Waals surface area contributed by atoms with Crippen molar-refractivity contribution in [2.24, 2.45) is 5.92 Å². The highest BCUT2D eigenvalue weighted by molar-refractivity contribution is 5.90. The minimum Gasteiger partial charge on any atom is -0.326 e. The Morgan fingerprint density at radius 3 is 2.61 bits per heavy atom. The smallest absolute Gasteiger partial charge is 0.224 e. The van der Waals surface area contributed by atoms with E-state index in [2.05, 4.69) is 37.5 Å². The molecule has 0 saturated heterocycles. The van der Waals surface area contributed by atoms with Crippen LogP contribution in [0.3, 0.4) is 0 Å². The Hall–Kier alpha value is -1.35. The summed E-state index contributed by atoms with van der Waals surface area (Å²) >= 11 is 0. The van der Waals surface area contributed by atoms with Crippen molar-refractivity contribution in [2.45, 2.75) is 39.7 Å². The van der Waals surface area contributed by atoms with Crippen LogP contribution < -0.4 is 10.6 Å². The third kappa shape index (κ3) is 4.88. The van der Waals surface area contributed by atoms with E-state index in [-0.39, 0.29) is 11.9 Å². The zero-order valence-electron chi connectivity index (χ0n) is 11.8. The summed E-state index contributed by atoms with van der Waals surface area (Å²) < 4.78 is 0. The normalized spacial score (nSPS) is 12.5. The van der Waals surface area contributed by atoms with Gasteiger partial charge in [-0.15, -0.1) is 0 Å². The minimum atomic E-state index is 0.0953. The first-order valence-electron chi connectivity index (χ1n) is 6.60. The van der Waals surface area contributed by atoms with Gasteiger partial charge in [0, 0.05) is 18.2 Å². The lowest BCUT2D eigenvalue weighted by Gasteiger charge is -2.13. The average Bonchev–Trinajstić information content (AvgIpc) is 2.35. The van der Waals surface area contributed by atoms with E-state index in [9.17, 15) is 4.79 Å². The maximum absolute atomic E-state index is 11.7. The van der Waals surface area contributed by atoms with Crippen molar-refractivity contribution in [3.8, 4) is 0 Å². The summed E-state index contributed by atoms with van der Waals surface area (Å²) in [5.74, 6) is 0.657. The van der Waals surface area contributed by atoms with Crippen LogP contribution in [-0.2, 0) is 4.79 Å². The summed E-state index contributed by atoms with van der Waals surface area (Å²) in [5.41, 5.74) is 2.06. The van der Waals surface area contributed by atoms with E-state index in [4.69, 9.17) is 0 Å². The minimum absolute atomic E-state index is 0.0953. The van der Waals surface area contributed by atoms with Gasteiger partial charge in [-0.05, 0) is 44.0 Å². The number of carbonyl (C=O) groups excluding carboxylic acids is 1. The van der Waals surface area contributed by atoms with E-state index in [1.54, 1.807) is 0 Å². The highest BCUT2D eigenvalue weighted by Gasteiger charge is 2.06. The Morgan fingerprint density at radius 2 is 2.00 bits per heavy atom. The molecule has 1 aromatic rings. The molecule has 1 aromatic carbocycles. The van der Waals surface area contributed by atoms with Gasteiger partial charge in [-0.3, -0.25) is 4.79 Å². The Balaban J connectivity index is 2.59. The van der Waals surface area contributed by atoms with Crippen LogP contribution in [-0.4, -0.2) is 13.0 Å². The summed E-state index contributed by atoms with van der Waals surface area (Å²) in [6.45, 7) is 6.35. The molecule has 18 heavy (non-hydrogen) atoms. The van der Waals surface area contributed by atoms with Crippen molar-refractivity contribution in [3.05, 3.63) is 29.8 Å². The number of carbonyl (C=O) groups is 1. The molecule has 3 nitrogen and oxygen atoms in total. The zero-order chi connectivity index (χ0) is 13.5. The second kappa shape index (κ2) is 7.17. The standard InChI is InChI=1S/C15H24N2O/c1-11(2)8-9-15(18)17-14-7-5-6-13(10-14)12(3)16-4/h5-7,10-12,16H,8-9H2,1-4H3,(H,17,18). The number of rotatable bonds is 6. The van der Waals surface area contributed by atoms with Crippen molar-refractivity contribution in [2.75, 3.05) is 12.4 Å². The molecule has 0 bridgehead atoms. The molecule has 3 heteroatoms. The van der Waals surface area contributed by atoms with E-state index >= 15 is 0 Å². The summed E-state index contributed by atoms with van der Waals surface area (Å²) in [4.78, 5) is 11.7. The molecule has 0 heterocycles. The van der Waals surface area contributed by atoms with E-state index < -0.39 is 0 Å². The van der Waals surface area contributed by atoms with E-state index in [0.717, 1.165) is 12.1 Å². The fourth-order valence-corrected chi connectivity index (χ4v) is 1.70. The van der Waals surface area contributed by atoms with E-state index in [1.807, 2.05) is 25.2 Å². The molecule has 100 valence electrons.